The monoisotopic (exact) mass is 357 g/mol. The highest BCUT2D eigenvalue weighted by atomic mass is 35.5. The van der Waals surface area contributed by atoms with E-state index in [0.717, 1.165) is 60.7 Å². The number of fused-ring (bicyclic) bond motifs is 3. The van der Waals surface area contributed by atoms with E-state index < -0.39 is 0 Å². The van der Waals surface area contributed by atoms with Gasteiger partial charge in [0.1, 0.15) is 0 Å². The van der Waals surface area contributed by atoms with Crippen LogP contribution in [0.3, 0.4) is 0 Å². The normalized spacial score (nSPS) is 22.7. The van der Waals surface area contributed by atoms with E-state index in [9.17, 15) is 0 Å². The lowest BCUT2D eigenvalue weighted by Gasteiger charge is -2.39. The van der Waals surface area contributed by atoms with Gasteiger partial charge >= 0.3 is 0 Å². The Balaban J connectivity index is 1.90. The van der Waals surface area contributed by atoms with Crippen LogP contribution in [0.2, 0.25) is 5.02 Å². The summed E-state index contributed by atoms with van der Waals surface area (Å²) in [5, 5.41) is 4.16. The van der Waals surface area contributed by atoms with Crippen molar-refractivity contribution in [1.82, 2.24) is 10.2 Å². The highest BCUT2D eigenvalue weighted by molar-refractivity contribution is 6.48. The maximum atomic E-state index is 6.39. The van der Waals surface area contributed by atoms with Gasteiger partial charge in [-0.3, -0.25) is 9.89 Å². The number of halogens is 1. The summed E-state index contributed by atoms with van der Waals surface area (Å²) < 4.78 is 0. The van der Waals surface area contributed by atoms with Crippen LogP contribution in [0.15, 0.2) is 33.9 Å². The van der Waals surface area contributed by atoms with Crippen molar-refractivity contribution in [2.24, 2.45) is 9.98 Å². The molecule has 0 amide bonds. The lowest BCUT2D eigenvalue weighted by atomic mass is 10.0. The molecule has 25 heavy (non-hydrogen) atoms. The second-order valence-corrected chi connectivity index (χ2v) is 7.27. The first-order valence-corrected chi connectivity index (χ1v) is 9.38. The molecule has 0 bridgehead atoms. The first-order valence-electron chi connectivity index (χ1n) is 9.01. The van der Waals surface area contributed by atoms with E-state index in [1.807, 2.05) is 12.1 Å². The van der Waals surface area contributed by atoms with Gasteiger partial charge in [0.2, 0.25) is 0 Å². The second-order valence-electron chi connectivity index (χ2n) is 6.83. The fourth-order valence-electron chi connectivity index (χ4n) is 3.54. The summed E-state index contributed by atoms with van der Waals surface area (Å²) in [6.45, 7) is 10.3. The molecule has 0 aliphatic carbocycles. The summed E-state index contributed by atoms with van der Waals surface area (Å²) in [6.07, 6.45) is 3.10. The van der Waals surface area contributed by atoms with Gasteiger partial charge < -0.3 is 10.2 Å². The predicted molar refractivity (Wildman–Crippen MR) is 106 cm³/mol. The minimum atomic E-state index is 0.172. The number of hydrogen-bond donors (Lipinski definition) is 1. The van der Waals surface area contributed by atoms with Gasteiger partial charge in [0.15, 0.2) is 11.7 Å². The maximum absolute atomic E-state index is 6.39. The molecule has 1 unspecified atom stereocenters. The molecule has 1 aromatic carbocycles. The third-order valence-electron chi connectivity index (χ3n) is 5.14. The third kappa shape index (κ3) is 2.85. The van der Waals surface area contributed by atoms with Crippen molar-refractivity contribution < 1.29 is 0 Å². The molecule has 4 rings (SSSR count). The Labute approximate surface area is 154 Å². The number of amidine groups is 2. The van der Waals surface area contributed by atoms with Crippen molar-refractivity contribution in [3.8, 4) is 0 Å². The molecule has 0 aromatic heterocycles. The molecular weight excluding hydrogens is 334 g/mol. The molecule has 0 spiro atoms. The lowest BCUT2D eigenvalue weighted by molar-refractivity contribution is 0.360. The number of nitrogens with one attached hydrogen (secondary N) is 1. The van der Waals surface area contributed by atoms with Gasteiger partial charge in [-0.05, 0) is 43.5 Å². The topological polar surface area (TPSA) is 43.2 Å². The smallest absolute Gasteiger partial charge is 0.176 e. The highest BCUT2D eigenvalue weighted by Crippen LogP contribution is 2.41. The standard InChI is InChI=1S/C19H24ClN5/c1-4-14-9-15(20)10-16-17(14)23-18(24-7-5-21-6-8-24)19-22-13(3)12(2)11-25(16)19/h9-11,13,21H,4-8H2,1-3H3. The van der Waals surface area contributed by atoms with Crippen LogP contribution >= 0.6 is 11.6 Å². The number of anilines is 1. The molecule has 132 valence electrons. The number of aliphatic imine (C=N–C) groups is 2. The molecule has 0 saturated carbocycles. The van der Waals surface area contributed by atoms with Gasteiger partial charge in [-0.2, -0.15) is 0 Å². The summed E-state index contributed by atoms with van der Waals surface area (Å²) in [5.74, 6) is 1.93. The average Bonchev–Trinajstić information content (AvgIpc) is 2.62. The van der Waals surface area contributed by atoms with Crippen molar-refractivity contribution in [2.45, 2.75) is 33.2 Å². The van der Waals surface area contributed by atoms with Crippen LogP contribution in [-0.2, 0) is 6.42 Å². The van der Waals surface area contributed by atoms with E-state index in [2.05, 4.69) is 42.1 Å². The molecule has 3 aliphatic heterocycles. The zero-order valence-corrected chi connectivity index (χ0v) is 15.8. The lowest BCUT2D eigenvalue weighted by Crippen LogP contribution is -2.53. The fourth-order valence-corrected chi connectivity index (χ4v) is 3.77. The minimum Gasteiger partial charge on any atom is -0.351 e. The zero-order chi connectivity index (χ0) is 17.6. The number of nitrogens with zero attached hydrogens (tertiary/aromatic N) is 4. The molecule has 1 saturated heterocycles. The van der Waals surface area contributed by atoms with Crippen molar-refractivity contribution in [1.29, 1.82) is 0 Å². The quantitative estimate of drug-likeness (QED) is 0.838. The van der Waals surface area contributed by atoms with Gasteiger partial charge in [0.05, 0.1) is 17.4 Å². The van der Waals surface area contributed by atoms with Crippen LogP contribution < -0.4 is 10.2 Å². The third-order valence-corrected chi connectivity index (χ3v) is 5.36. The number of aryl methyl sites for hydroxylation is 1. The number of hydrogen-bond acceptors (Lipinski definition) is 5. The Morgan fingerprint density at radius 1 is 1.24 bits per heavy atom. The minimum absolute atomic E-state index is 0.172. The molecular formula is C19H24ClN5. The molecule has 1 aromatic rings. The summed E-state index contributed by atoms with van der Waals surface area (Å²) >= 11 is 6.39. The van der Waals surface area contributed by atoms with Crippen LogP contribution in [0.5, 0.6) is 0 Å². The zero-order valence-electron chi connectivity index (χ0n) is 15.0. The fraction of sp³-hybridized carbons (Fsp3) is 0.474. The van der Waals surface area contributed by atoms with Crippen LogP contribution in [-0.4, -0.2) is 48.8 Å². The van der Waals surface area contributed by atoms with Crippen LogP contribution in [0, 0.1) is 0 Å². The Morgan fingerprint density at radius 3 is 2.72 bits per heavy atom. The largest absolute Gasteiger partial charge is 0.351 e. The molecule has 1 fully saturated rings. The van der Waals surface area contributed by atoms with E-state index in [-0.39, 0.29) is 6.04 Å². The molecule has 6 heteroatoms. The highest BCUT2D eigenvalue weighted by Gasteiger charge is 2.33. The maximum Gasteiger partial charge on any atom is 0.176 e. The molecule has 3 heterocycles. The molecule has 1 N–H and O–H groups in total. The van der Waals surface area contributed by atoms with Crippen LogP contribution in [0.1, 0.15) is 26.3 Å². The Hall–Kier alpha value is -1.85. The van der Waals surface area contributed by atoms with Gasteiger partial charge in [-0.15, -0.1) is 0 Å². The van der Waals surface area contributed by atoms with Gasteiger partial charge in [-0.1, -0.05) is 18.5 Å². The molecule has 3 aliphatic rings. The van der Waals surface area contributed by atoms with Gasteiger partial charge in [-0.25, -0.2) is 4.99 Å². The second kappa shape index (κ2) is 6.46. The molecule has 5 nitrogen and oxygen atoms in total. The van der Waals surface area contributed by atoms with E-state index in [0.29, 0.717) is 0 Å². The first kappa shape index (κ1) is 16.6. The SMILES string of the molecule is CCc1cc(Cl)cc2c1N=C(N1CCNCC1)C1=NC(C)C(C)=CN12. The summed E-state index contributed by atoms with van der Waals surface area (Å²) in [4.78, 5) is 14.6. The van der Waals surface area contributed by atoms with Crippen molar-refractivity contribution >= 4 is 34.6 Å². The van der Waals surface area contributed by atoms with E-state index >= 15 is 0 Å². The van der Waals surface area contributed by atoms with Gasteiger partial charge in [0.25, 0.3) is 0 Å². The van der Waals surface area contributed by atoms with Crippen molar-refractivity contribution in [3.63, 3.8) is 0 Å². The van der Waals surface area contributed by atoms with Crippen molar-refractivity contribution in [2.75, 3.05) is 31.1 Å². The Morgan fingerprint density at radius 2 is 2.00 bits per heavy atom. The van der Waals surface area contributed by atoms with Crippen LogP contribution in [0.4, 0.5) is 11.4 Å². The van der Waals surface area contributed by atoms with E-state index in [1.54, 1.807) is 0 Å². The van der Waals surface area contributed by atoms with Crippen molar-refractivity contribution in [3.05, 3.63) is 34.5 Å². The number of rotatable bonds is 1. The summed E-state index contributed by atoms with van der Waals surface area (Å²) in [6, 6.07) is 4.21. The van der Waals surface area contributed by atoms with Crippen LogP contribution in [0.25, 0.3) is 0 Å². The van der Waals surface area contributed by atoms with E-state index in [4.69, 9.17) is 21.6 Å². The molecule has 0 radical (unpaired) electrons. The first-order chi connectivity index (χ1) is 12.1. The summed E-state index contributed by atoms with van der Waals surface area (Å²) in [7, 11) is 0. The summed E-state index contributed by atoms with van der Waals surface area (Å²) in [5.41, 5.74) is 4.49. The average molecular weight is 358 g/mol. The van der Waals surface area contributed by atoms with Gasteiger partial charge in [0, 0.05) is 37.4 Å². The van der Waals surface area contributed by atoms with E-state index in [1.165, 1.54) is 11.1 Å². The number of benzene rings is 1. The number of piperazine rings is 1. The Bertz CT molecular complexity index is 789. The Kier molecular flexibility index (Phi) is 4.29. The molecule has 1 atom stereocenters. The predicted octanol–water partition coefficient (Wildman–Crippen LogP) is 3.36.